The Labute approximate surface area is 111 Å². The third-order valence-corrected chi connectivity index (χ3v) is 4.23. The maximum Gasteiger partial charge on any atom is 0.237 e. The van der Waals surface area contributed by atoms with Gasteiger partial charge in [-0.1, -0.05) is 20.8 Å². The molecule has 2 unspecified atom stereocenters. The summed E-state index contributed by atoms with van der Waals surface area (Å²) in [5.74, 6) is 0.370. The van der Waals surface area contributed by atoms with Gasteiger partial charge in [-0.2, -0.15) is 0 Å². The largest absolute Gasteiger partial charge is 0.368 e. The molecule has 1 aliphatic heterocycles. The molecule has 4 heteroatoms. The molecule has 1 rings (SSSR count). The van der Waals surface area contributed by atoms with E-state index >= 15 is 0 Å². The maximum atomic E-state index is 11.1. The van der Waals surface area contributed by atoms with E-state index in [1.807, 2.05) is 0 Å². The van der Waals surface area contributed by atoms with Crippen LogP contribution in [0.25, 0.3) is 0 Å². The summed E-state index contributed by atoms with van der Waals surface area (Å²) in [5, 5.41) is 0. The van der Waals surface area contributed by atoms with Crippen LogP contribution in [0.15, 0.2) is 0 Å². The number of nitrogens with zero attached hydrogens (tertiary/aromatic N) is 1. The highest BCUT2D eigenvalue weighted by atomic mass is 16.1. The van der Waals surface area contributed by atoms with Crippen LogP contribution in [0.5, 0.6) is 0 Å². The number of amides is 1. The highest BCUT2D eigenvalue weighted by Gasteiger charge is 2.32. The van der Waals surface area contributed by atoms with Crippen molar-refractivity contribution in [1.82, 2.24) is 4.90 Å². The van der Waals surface area contributed by atoms with E-state index < -0.39 is 11.4 Å². The van der Waals surface area contributed by atoms with Gasteiger partial charge in [-0.15, -0.1) is 0 Å². The lowest BCUT2D eigenvalue weighted by Crippen LogP contribution is -2.49. The van der Waals surface area contributed by atoms with Gasteiger partial charge in [-0.25, -0.2) is 0 Å². The molecule has 1 aliphatic rings. The molecular formula is C14H29N3O. The minimum Gasteiger partial charge on any atom is -0.368 e. The first-order chi connectivity index (χ1) is 8.13. The maximum absolute atomic E-state index is 11.1. The first kappa shape index (κ1) is 15.4. The van der Waals surface area contributed by atoms with Crippen molar-refractivity contribution in [3.8, 4) is 0 Å². The average Bonchev–Trinajstić information content (AvgIpc) is 2.65. The van der Waals surface area contributed by atoms with Crippen molar-refractivity contribution in [3.63, 3.8) is 0 Å². The van der Waals surface area contributed by atoms with Gasteiger partial charge in [-0.3, -0.25) is 4.79 Å². The van der Waals surface area contributed by atoms with Crippen molar-refractivity contribution < 1.29 is 4.79 Å². The number of rotatable bonds is 5. The fourth-order valence-electron chi connectivity index (χ4n) is 2.54. The van der Waals surface area contributed by atoms with Crippen LogP contribution < -0.4 is 11.5 Å². The molecule has 0 radical (unpaired) electrons. The van der Waals surface area contributed by atoms with Gasteiger partial charge in [0, 0.05) is 6.54 Å². The Morgan fingerprint density at radius 2 is 1.94 bits per heavy atom. The smallest absolute Gasteiger partial charge is 0.237 e. The standard InChI is InChI=1S/C14H29N3O/c1-13(2,3)11-6-9-17(10-11)8-5-7-14(4,16)12(15)18/h11H,5-10,16H2,1-4H3,(H2,15,18). The highest BCUT2D eigenvalue weighted by molar-refractivity contribution is 5.83. The molecule has 0 bridgehead atoms. The summed E-state index contributed by atoms with van der Waals surface area (Å²) >= 11 is 0. The van der Waals surface area contributed by atoms with Gasteiger partial charge >= 0.3 is 0 Å². The summed E-state index contributed by atoms with van der Waals surface area (Å²) in [6.07, 6.45) is 2.88. The minimum atomic E-state index is -0.858. The van der Waals surface area contributed by atoms with Gasteiger partial charge in [0.2, 0.25) is 5.91 Å². The van der Waals surface area contributed by atoms with E-state index in [1.165, 1.54) is 19.5 Å². The van der Waals surface area contributed by atoms with Gasteiger partial charge < -0.3 is 16.4 Å². The molecule has 2 atom stereocenters. The summed E-state index contributed by atoms with van der Waals surface area (Å²) in [7, 11) is 0. The molecular weight excluding hydrogens is 226 g/mol. The molecule has 0 aromatic rings. The zero-order valence-corrected chi connectivity index (χ0v) is 12.3. The molecule has 18 heavy (non-hydrogen) atoms. The number of carbonyl (C=O) groups is 1. The second-order valence-electron chi connectivity index (χ2n) is 7.04. The number of primary amides is 1. The number of likely N-dealkylation sites (tertiary alicyclic amines) is 1. The Morgan fingerprint density at radius 1 is 1.33 bits per heavy atom. The molecule has 0 aromatic carbocycles. The lowest BCUT2D eigenvalue weighted by Gasteiger charge is -2.27. The molecule has 4 N–H and O–H groups in total. The molecule has 0 aliphatic carbocycles. The Hall–Kier alpha value is -0.610. The molecule has 0 spiro atoms. The summed E-state index contributed by atoms with van der Waals surface area (Å²) < 4.78 is 0. The van der Waals surface area contributed by atoms with Gasteiger partial charge in [-0.05, 0) is 50.6 Å². The van der Waals surface area contributed by atoms with E-state index in [0.29, 0.717) is 11.8 Å². The van der Waals surface area contributed by atoms with Crippen LogP contribution in [0, 0.1) is 11.3 Å². The van der Waals surface area contributed by atoms with Crippen LogP contribution >= 0.6 is 0 Å². The number of carbonyl (C=O) groups excluding carboxylic acids is 1. The van der Waals surface area contributed by atoms with Crippen molar-refractivity contribution in [2.75, 3.05) is 19.6 Å². The van der Waals surface area contributed by atoms with Gasteiger partial charge in [0.25, 0.3) is 0 Å². The van der Waals surface area contributed by atoms with Crippen LogP contribution in [0.4, 0.5) is 0 Å². The second-order valence-corrected chi connectivity index (χ2v) is 7.04. The fourth-order valence-corrected chi connectivity index (χ4v) is 2.54. The molecule has 0 saturated carbocycles. The molecule has 1 amide bonds. The summed E-state index contributed by atoms with van der Waals surface area (Å²) in [4.78, 5) is 13.6. The van der Waals surface area contributed by atoms with Crippen molar-refractivity contribution >= 4 is 5.91 Å². The third kappa shape index (κ3) is 4.25. The van der Waals surface area contributed by atoms with Crippen molar-refractivity contribution in [2.45, 2.75) is 52.5 Å². The Balaban J connectivity index is 2.29. The van der Waals surface area contributed by atoms with Crippen LogP contribution in [-0.2, 0) is 4.79 Å². The van der Waals surface area contributed by atoms with Gasteiger partial charge in [0.05, 0.1) is 5.54 Å². The number of hydrogen-bond donors (Lipinski definition) is 2. The van der Waals surface area contributed by atoms with Crippen LogP contribution in [0.1, 0.15) is 47.0 Å². The number of hydrogen-bond acceptors (Lipinski definition) is 3. The highest BCUT2D eigenvalue weighted by Crippen LogP contribution is 2.33. The monoisotopic (exact) mass is 255 g/mol. The molecule has 0 aromatic heterocycles. The molecule has 1 saturated heterocycles. The predicted molar refractivity (Wildman–Crippen MR) is 75.0 cm³/mol. The molecule has 4 nitrogen and oxygen atoms in total. The third-order valence-electron chi connectivity index (χ3n) is 4.23. The summed E-state index contributed by atoms with van der Waals surface area (Å²) in [6.45, 7) is 12.0. The van der Waals surface area contributed by atoms with Crippen LogP contribution in [0.3, 0.4) is 0 Å². The fraction of sp³-hybridized carbons (Fsp3) is 0.929. The van der Waals surface area contributed by atoms with E-state index in [0.717, 1.165) is 18.9 Å². The Kier molecular flexibility index (Phi) is 4.78. The first-order valence-electron chi connectivity index (χ1n) is 6.94. The molecule has 106 valence electrons. The minimum absolute atomic E-state index is 0.393. The van der Waals surface area contributed by atoms with Crippen LogP contribution in [0.2, 0.25) is 0 Å². The van der Waals surface area contributed by atoms with E-state index in [4.69, 9.17) is 11.5 Å². The first-order valence-corrected chi connectivity index (χ1v) is 6.94. The second kappa shape index (κ2) is 5.57. The van der Waals surface area contributed by atoms with E-state index in [1.54, 1.807) is 6.92 Å². The van der Waals surface area contributed by atoms with Crippen LogP contribution in [-0.4, -0.2) is 36.0 Å². The lowest BCUT2D eigenvalue weighted by atomic mass is 9.80. The van der Waals surface area contributed by atoms with Gasteiger partial charge in [0.1, 0.15) is 0 Å². The summed E-state index contributed by atoms with van der Waals surface area (Å²) in [6, 6.07) is 0. The lowest BCUT2D eigenvalue weighted by molar-refractivity contribution is -0.122. The SMILES string of the molecule is CC(N)(CCCN1CCC(C(C)(C)C)C1)C(N)=O. The van der Waals surface area contributed by atoms with E-state index in [9.17, 15) is 4.79 Å². The normalized spacial score (nSPS) is 25.1. The topological polar surface area (TPSA) is 72.3 Å². The quantitative estimate of drug-likeness (QED) is 0.778. The average molecular weight is 255 g/mol. The number of nitrogens with two attached hydrogens (primary N) is 2. The van der Waals surface area contributed by atoms with Crippen molar-refractivity contribution in [1.29, 1.82) is 0 Å². The zero-order chi connectivity index (χ0) is 14.0. The van der Waals surface area contributed by atoms with Gasteiger partial charge in [0.15, 0.2) is 0 Å². The van der Waals surface area contributed by atoms with E-state index in [-0.39, 0.29) is 0 Å². The molecule has 1 fully saturated rings. The van der Waals surface area contributed by atoms with Crippen molar-refractivity contribution in [3.05, 3.63) is 0 Å². The molecule has 1 heterocycles. The summed E-state index contributed by atoms with van der Waals surface area (Å²) in [5.41, 5.74) is 10.6. The van der Waals surface area contributed by atoms with E-state index in [2.05, 4.69) is 25.7 Å². The zero-order valence-electron chi connectivity index (χ0n) is 12.3. The van der Waals surface area contributed by atoms with Crippen molar-refractivity contribution in [2.24, 2.45) is 22.8 Å². The Morgan fingerprint density at radius 3 is 2.39 bits per heavy atom. The predicted octanol–water partition coefficient (Wildman–Crippen LogP) is 1.34. The Bertz CT molecular complexity index is 294.